The summed E-state index contributed by atoms with van der Waals surface area (Å²) in [6, 6.07) is 4.90. The molecule has 2 aromatic rings. The van der Waals surface area contributed by atoms with Crippen molar-refractivity contribution in [2.75, 3.05) is 13.2 Å². The van der Waals surface area contributed by atoms with Crippen molar-refractivity contribution >= 4 is 5.91 Å². The SMILES string of the molecule is CCCCCCCC(=O)N[C@H](Cc1ncc[nH]1)[C@H](O)c1ccc2c(c1)OCCO2. The van der Waals surface area contributed by atoms with Crippen molar-refractivity contribution in [3.05, 3.63) is 42.0 Å². The van der Waals surface area contributed by atoms with E-state index in [0.29, 0.717) is 43.1 Å². The zero-order chi connectivity index (χ0) is 20.5. The molecule has 0 saturated carbocycles. The van der Waals surface area contributed by atoms with Gasteiger partial charge in [0.25, 0.3) is 0 Å². The number of carbonyl (C=O) groups is 1. The largest absolute Gasteiger partial charge is 0.486 e. The number of hydrogen-bond acceptors (Lipinski definition) is 5. The normalized spacial score (nSPS) is 15.0. The van der Waals surface area contributed by atoms with E-state index in [9.17, 15) is 9.90 Å². The van der Waals surface area contributed by atoms with Crippen LogP contribution in [-0.2, 0) is 11.2 Å². The number of aliphatic hydroxyl groups excluding tert-OH is 1. The van der Waals surface area contributed by atoms with Gasteiger partial charge in [-0.15, -0.1) is 0 Å². The molecule has 1 aromatic heterocycles. The summed E-state index contributed by atoms with van der Waals surface area (Å²) in [6.07, 6.45) is 8.82. The van der Waals surface area contributed by atoms with Crippen molar-refractivity contribution in [1.29, 1.82) is 0 Å². The number of rotatable bonds is 11. The maximum absolute atomic E-state index is 12.5. The summed E-state index contributed by atoms with van der Waals surface area (Å²) < 4.78 is 11.2. The first-order valence-corrected chi connectivity index (χ1v) is 10.5. The molecule has 0 fully saturated rings. The average Bonchev–Trinajstić information content (AvgIpc) is 3.25. The van der Waals surface area contributed by atoms with Crippen LogP contribution in [0.2, 0.25) is 0 Å². The first-order chi connectivity index (χ1) is 14.2. The van der Waals surface area contributed by atoms with Gasteiger partial charge in [0.15, 0.2) is 11.5 Å². The van der Waals surface area contributed by atoms with Crippen molar-refractivity contribution in [2.45, 2.75) is 64.0 Å². The maximum atomic E-state index is 12.5. The van der Waals surface area contributed by atoms with E-state index < -0.39 is 12.1 Å². The molecular formula is C22H31N3O4. The zero-order valence-electron chi connectivity index (χ0n) is 17.0. The quantitative estimate of drug-likeness (QED) is 0.502. The van der Waals surface area contributed by atoms with E-state index in [-0.39, 0.29) is 5.91 Å². The van der Waals surface area contributed by atoms with E-state index in [4.69, 9.17) is 9.47 Å². The highest BCUT2D eigenvalue weighted by atomic mass is 16.6. The molecule has 1 aliphatic rings. The Hall–Kier alpha value is -2.54. The number of fused-ring (bicyclic) bond motifs is 1. The van der Waals surface area contributed by atoms with Crippen LogP contribution in [0, 0.1) is 0 Å². The summed E-state index contributed by atoms with van der Waals surface area (Å²) in [5.41, 5.74) is 0.675. The Morgan fingerprint density at radius 1 is 1.21 bits per heavy atom. The van der Waals surface area contributed by atoms with Crippen LogP contribution in [0.4, 0.5) is 0 Å². The van der Waals surface area contributed by atoms with Gasteiger partial charge in [-0.1, -0.05) is 38.7 Å². The smallest absolute Gasteiger partial charge is 0.220 e. The Morgan fingerprint density at radius 3 is 2.76 bits per heavy atom. The second kappa shape index (κ2) is 10.9. The molecule has 1 amide bonds. The van der Waals surface area contributed by atoms with E-state index in [2.05, 4.69) is 22.2 Å². The molecule has 7 nitrogen and oxygen atoms in total. The molecule has 3 N–H and O–H groups in total. The lowest BCUT2D eigenvalue weighted by molar-refractivity contribution is -0.122. The van der Waals surface area contributed by atoms with Crippen LogP contribution < -0.4 is 14.8 Å². The average molecular weight is 402 g/mol. The highest BCUT2D eigenvalue weighted by Gasteiger charge is 2.25. The van der Waals surface area contributed by atoms with Gasteiger partial charge >= 0.3 is 0 Å². The van der Waals surface area contributed by atoms with Gasteiger partial charge in [0, 0.05) is 25.2 Å². The summed E-state index contributed by atoms with van der Waals surface area (Å²) in [5.74, 6) is 1.96. The third kappa shape index (κ3) is 6.22. The van der Waals surface area contributed by atoms with Crippen LogP contribution in [0.25, 0.3) is 0 Å². The van der Waals surface area contributed by atoms with E-state index in [1.165, 1.54) is 12.8 Å². The predicted molar refractivity (Wildman–Crippen MR) is 110 cm³/mol. The number of aromatic amines is 1. The molecule has 0 aliphatic carbocycles. The highest BCUT2D eigenvalue weighted by molar-refractivity contribution is 5.76. The van der Waals surface area contributed by atoms with Crippen LogP contribution in [0.3, 0.4) is 0 Å². The maximum Gasteiger partial charge on any atom is 0.220 e. The molecule has 1 aromatic carbocycles. The first kappa shape index (κ1) is 21.2. The van der Waals surface area contributed by atoms with Crippen LogP contribution in [0.1, 0.15) is 62.9 Å². The molecule has 2 atom stereocenters. The Morgan fingerprint density at radius 2 is 2.00 bits per heavy atom. The number of hydrogen-bond donors (Lipinski definition) is 3. The number of aromatic nitrogens is 2. The van der Waals surface area contributed by atoms with Crippen molar-refractivity contribution < 1.29 is 19.4 Å². The minimum Gasteiger partial charge on any atom is -0.486 e. The Bertz CT molecular complexity index is 763. The fraction of sp³-hybridized carbons (Fsp3) is 0.545. The lowest BCUT2D eigenvalue weighted by atomic mass is 9.98. The second-order valence-electron chi connectivity index (χ2n) is 7.43. The number of carbonyl (C=O) groups excluding carboxylic acids is 1. The standard InChI is InChI=1S/C22H31N3O4/c1-2-3-4-5-6-7-21(26)25-17(15-20-23-10-11-24-20)22(27)16-8-9-18-19(14-16)29-13-12-28-18/h8-11,14,17,22,27H,2-7,12-13,15H2,1H3,(H,23,24)(H,25,26)/t17-,22-/m1/s1. The van der Waals surface area contributed by atoms with Gasteiger partial charge in [0.1, 0.15) is 19.0 Å². The number of aliphatic hydroxyl groups is 1. The number of nitrogens with one attached hydrogen (secondary N) is 2. The summed E-state index contributed by atoms with van der Waals surface area (Å²) in [5, 5.41) is 14.0. The van der Waals surface area contributed by atoms with Crippen LogP contribution >= 0.6 is 0 Å². The molecule has 0 spiro atoms. The summed E-state index contributed by atoms with van der Waals surface area (Å²) in [7, 11) is 0. The first-order valence-electron chi connectivity index (χ1n) is 10.5. The Kier molecular flexibility index (Phi) is 7.93. The van der Waals surface area contributed by atoms with Gasteiger partial charge in [0.2, 0.25) is 5.91 Å². The van der Waals surface area contributed by atoms with Crippen LogP contribution in [0.15, 0.2) is 30.6 Å². The van der Waals surface area contributed by atoms with E-state index in [0.717, 1.165) is 25.1 Å². The monoisotopic (exact) mass is 401 g/mol. The minimum atomic E-state index is -0.889. The molecule has 3 rings (SSSR count). The van der Waals surface area contributed by atoms with Gasteiger partial charge in [-0.05, 0) is 24.1 Å². The van der Waals surface area contributed by atoms with Crippen molar-refractivity contribution in [3.63, 3.8) is 0 Å². The number of H-pyrrole nitrogens is 1. The molecule has 29 heavy (non-hydrogen) atoms. The molecular weight excluding hydrogens is 370 g/mol. The molecule has 158 valence electrons. The minimum absolute atomic E-state index is 0.0466. The summed E-state index contributed by atoms with van der Waals surface area (Å²) >= 11 is 0. The fourth-order valence-electron chi connectivity index (χ4n) is 3.50. The number of ether oxygens (including phenoxy) is 2. The van der Waals surface area contributed by atoms with Crippen LogP contribution in [-0.4, -0.2) is 40.2 Å². The van der Waals surface area contributed by atoms with E-state index >= 15 is 0 Å². The molecule has 0 unspecified atom stereocenters. The Labute approximate surface area is 171 Å². The molecule has 0 radical (unpaired) electrons. The van der Waals surface area contributed by atoms with Gasteiger partial charge < -0.3 is 24.9 Å². The third-order valence-corrected chi connectivity index (χ3v) is 5.11. The van der Waals surface area contributed by atoms with Crippen molar-refractivity contribution in [2.24, 2.45) is 0 Å². The number of imidazole rings is 1. The zero-order valence-corrected chi connectivity index (χ0v) is 17.0. The second-order valence-corrected chi connectivity index (χ2v) is 7.43. The van der Waals surface area contributed by atoms with Crippen LogP contribution in [0.5, 0.6) is 11.5 Å². The van der Waals surface area contributed by atoms with E-state index in [1.807, 2.05) is 6.07 Å². The van der Waals surface area contributed by atoms with E-state index in [1.54, 1.807) is 24.5 Å². The number of unbranched alkanes of at least 4 members (excludes halogenated alkanes) is 4. The molecule has 1 aliphatic heterocycles. The predicted octanol–water partition coefficient (Wildman–Crippen LogP) is 3.30. The molecule has 7 heteroatoms. The summed E-state index contributed by atoms with van der Waals surface area (Å²) in [4.78, 5) is 19.8. The lowest BCUT2D eigenvalue weighted by Gasteiger charge is -2.25. The molecule has 2 heterocycles. The molecule has 0 bridgehead atoms. The number of amides is 1. The Balaban J connectivity index is 1.65. The third-order valence-electron chi connectivity index (χ3n) is 5.11. The number of nitrogens with zero attached hydrogens (tertiary/aromatic N) is 1. The van der Waals surface area contributed by atoms with Gasteiger partial charge in [0.05, 0.1) is 12.1 Å². The van der Waals surface area contributed by atoms with Crippen molar-refractivity contribution in [3.8, 4) is 11.5 Å². The number of benzene rings is 1. The summed E-state index contributed by atoms with van der Waals surface area (Å²) in [6.45, 7) is 3.17. The molecule has 0 saturated heterocycles. The van der Waals surface area contributed by atoms with Gasteiger partial charge in [-0.25, -0.2) is 4.98 Å². The van der Waals surface area contributed by atoms with Gasteiger partial charge in [-0.3, -0.25) is 4.79 Å². The fourth-order valence-corrected chi connectivity index (χ4v) is 3.50. The lowest BCUT2D eigenvalue weighted by Crippen LogP contribution is -2.41. The van der Waals surface area contributed by atoms with Gasteiger partial charge in [-0.2, -0.15) is 0 Å². The highest BCUT2D eigenvalue weighted by Crippen LogP contribution is 2.33. The topological polar surface area (TPSA) is 96.5 Å². The van der Waals surface area contributed by atoms with Crippen molar-refractivity contribution in [1.82, 2.24) is 15.3 Å².